The van der Waals surface area contributed by atoms with Gasteiger partial charge in [-0.2, -0.15) is 11.3 Å². The van der Waals surface area contributed by atoms with Crippen LogP contribution in [0.3, 0.4) is 0 Å². The Hall–Kier alpha value is -2.24. The van der Waals surface area contributed by atoms with Crippen LogP contribution in [0.25, 0.3) is 0 Å². The van der Waals surface area contributed by atoms with E-state index in [1.165, 1.54) is 23.4 Å². The van der Waals surface area contributed by atoms with Crippen LogP contribution in [0.5, 0.6) is 0 Å². The molecular weight excluding hydrogens is 340 g/mol. The Morgan fingerprint density at radius 3 is 2.81 bits per heavy atom. The van der Waals surface area contributed by atoms with Gasteiger partial charge in [-0.25, -0.2) is 0 Å². The van der Waals surface area contributed by atoms with Crippen molar-refractivity contribution >= 4 is 17.0 Å². The summed E-state index contributed by atoms with van der Waals surface area (Å²) in [6.07, 6.45) is 5.01. The lowest BCUT2D eigenvalue weighted by atomic mass is 9.85. The van der Waals surface area contributed by atoms with Gasteiger partial charge in [-0.3, -0.25) is 14.9 Å². The maximum absolute atomic E-state index is 4.83. The second kappa shape index (κ2) is 6.49. The van der Waals surface area contributed by atoms with E-state index in [0.29, 0.717) is 0 Å². The summed E-state index contributed by atoms with van der Waals surface area (Å²) in [4.78, 5) is 14.4. The first-order valence-electron chi connectivity index (χ1n) is 9.16. The van der Waals surface area contributed by atoms with Crippen molar-refractivity contribution in [3.63, 3.8) is 0 Å². The number of rotatable bonds is 4. The Morgan fingerprint density at radius 2 is 1.96 bits per heavy atom. The van der Waals surface area contributed by atoms with Crippen molar-refractivity contribution < 1.29 is 0 Å². The third-order valence-electron chi connectivity index (χ3n) is 5.62. The molecule has 2 aliphatic rings. The van der Waals surface area contributed by atoms with Crippen LogP contribution in [-0.4, -0.2) is 34.5 Å². The SMILES string of the molecule is c1ccc(CN2C[C@]3(CCN(Cc4ccsc4)C3)c3ncccc32)nc1. The molecule has 1 saturated heterocycles. The summed E-state index contributed by atoms with van der Waals surface area (Å²) >= 11 is 1.78. The molecule has 4 nitrogen and oxygen atoms in total. The number of likely N-dealkylation sites (tertiary alicyclic amines) is 1. The van der Waals surface area contributed by atoms with Crippen LogP contribution in [-0.2, 0) is 18.5 Å². The first-order chi connectivity index (χ1) is 12.8. The molecule has 3 aromatic heterocycles. The molecule has 2 aliphatic heterocycles. The molecule has 0 aromatic carbocycles. The normalized spacial score (nSPS) is 22.2. The zero-order valence-corrected chi connectivity index (χ0v) is 15.5. The first kappa shape index (κ1) is 16.0. The number of thiophene rings is 1. The molecule has 0 unspecified atom stereocenters. The largest absolute Gasteiger partial charge is 0.363 e. The van der Waals surface area contributed by atoms with E-state index in [4.69, 9.17) is 4.98 Å². The van der Waals surface area contributed by atoms with E-state index in [2.05, 4.69) is 55.9 Å². The van der Waals surface area contributed by atoms with E-state index in [-0.39, 0.29) is 5.41 Å². The van der Waals surface area contributed by atoms with Crippen molar-refractivity contribution in [1.29, 1.82) is 0 Å². The quantitative estimate of drug-likeness (QED) is 0.708. The Bertz CT molecular complexity index is 880. The highest BCUT2D eigenvalue weighted by Crippen LogP contribution is 2.45. The number of hydrogen-bond donors (Lipinski definition) is 0. The van der Waals surface area contributed by atoms with Crippen molar-refractivity contribution in [2.75, 3.05) is 24.5 Å². The van der Waals surface area contributed by atoms with Crippen LogP contribution < -0.4 is 4.90 Å². The Balaban J connectivity index is 1.40. The van der Waals surface area contributed by atoms with E-state index in [9.17, 15) is 0 Å². The van der Waals surface area contributed by atoms with Gasteiger partial charge >= 0.3 is 0 Å². The minimum absolute atomic E-state index is 0.154. The predicted molar refractivity (Wildman–Crippen MR) is 105 cm³/mol. The van der Waals surface area contributed by atoms with E-state index >= 15 is 0 Å². The summed E-state index contributed by atoms with van der Waals surface area (Å²) in [6, 6.07) is 12.7. The maximum Gasteiger partial charge on any atom is 0.0729 e. The van der Waals surface area contributed by atoms with Crippen molar-refractivity contribution in [2.24, 2.45) is 0 Å². The fourth-order valence-electron chi connectivity index (χ4n) is 4.47. The lowest BCUT2D eigenvalue weighted by Gasteiger charge is -2.25. The van der Waals surface area contributed by atoms with E-state index < -0.39 is 0 Å². The summed E-state index contributed by atoms with van der Waals surface area (Å²) in [5, 5.41) is 4.43. The monoisotopic (exact) mass is 362 g/mol. The van der Waals surface area contributed by atoms with Gasteiger partial charge in [0.1, 0.15) is 0 Å². The highest BCUT2D eigenvalue weighted by molar-refractivity contribution is 7.07. The molecule has 26 heavy (non-hydrogen) atoms. The first-order valence-corrected chi connectivity index (χ1v) is 10.1. The van der Waals surface area contributed by atoms with Gasteiger partial charge in [0, 0.05) is 37.4 Å². The number of nitrogens with zero attached hydrogens (tertiary/aromatic N) is 4. The van der Waals surface area contributed by atoms with Gasteiger partial charge in [-0.05, 0) is 59.6 Å². The molecule has 0 radical (unpaired) electrons. The van der Waals surface area contributed by atoms with Crippen LogP contribution in [0.2, 0.25) is 0 Å². The van der Waals surface area contributed by atoms with Gasteiger partial charge in [0.2, 0.25) is 0 Å². The molecule has 132 valence electrons. The number of aromatic nitrogens is 2. The Morgan fingerprint density at radius 1 is 1.00 bits per heavy atom. The molecule has 5 heterocycles. The second-order valence-corrected chi connectivity index (χ2v) is 8.20. The molecular formula is C21H22N4S. The number of hydrogen-bond acceptors (Lipinski definition) is 5. The highest BCUT2D eigenvalue weighted by atomic mass is 32.1. The van der Waals surface area contributed by atoms with Crippen LogP contribution in [0.15, 0.2) is 59.6 Å². The Labute approximate surface area is 158 Å². The summed E-state index contributed by atoms with van der Waals surface area (Å²) in [5.41, 5.74) is 5.27. The van der Waals surface area contributed by atoms with Crippen molar-refractivity contribution in [3.05, 3.63) is 76.5 Å². The fraction of sp³-hybridized carbons (Fsp3) is 0.333. The lowest BCUT2D eigenvalue weighted by Crippen LogP contribution is -2.36. The molecule has 1 atom stereocenters. The van der Waals surface area contributed by atoms with Crippen molar-refractivity contribution in [2.45, 2.75) is 24.9 Å². The number of fused-ring (bicyclic) bond motifs is 2. The van der Waals surface area contributed by atoms with Gasteiger partial charge in [-0.15, -0.1) is 0 Å². The standard InChI is InChI=1S/C21H22N4S/c1-2-8-22-18(4-1)13-25-16-21(20-19(25)5-3-9-23-20)7-10-24(15-21)12-17-6-11-26-14-17/h1-6,8-9,11,14H,7,10,12-13,15-16H2/t21-/m1/s1. The molecule has 0 amide bonds. The van der Waals surface area contributed by atoms with Crippen molar-refractivity contribution in [1.82, 2.24) is 14.9 Å². The summed E-state index contributed by atoms with van der Waals surface area (Å²) < 4.78 is 0. The number of anilines is 1. The van der Waals surface area contributed by atoms with E-state index in [1.54, 1.807) is 11.3 Å². The highest BCUT2D eigenvalue weighted by Gasteiger charge is 2.48. The minimum atomic E-state index is 0.154. The van der Waals surface area contributed by atoms with E-state index in [1.807, 2.05) is 18.5 Å². The smallest absolute Gasteiger partial charge is 0.0729 e. The zero-order chi connectivity index (χ0) is 17.4. The molecule has 0 N–H and O–H groups in total. The van der Waals surface area contributed by atoms with Crippen LogP contribution in [0.1, 0.15) is 23.4 Å². The molecule has 0 bridgehead atoms. The summed E-state index contributed by atoms with van der Waals surface area (Å²) in [7, 11) is 0. The van der Waals surface area contributed by atoms with Gasteiger partial charge in [0.25, 0.3) is 0 Å². The third kappa shape index (κ3) is 2.81. The number of pyridine rings is 2. The molecule has 3 aromatic rings. The van der Waals surface area contributed by atoms with Crippen LogP contribution >= 0.6 is 11.3 Å². The topological polar surface area (TPSA) is 32.3 Å². The summed E-state index contributed by atoms with van der Waals surface area (Å²) in [6.45, 7) is 5.17. The van der Waals surface area contributed by atoms with Crippen LogP contribution in [0, 0.1) is 0 Å². The van der Waals surface area contributed by atoms with Gasteiger partial charge in [0.05, 0.1) is 23.6 Å². The molecule has 5 rings (SSSR count). The van der Waals surface area contributed by atoms with E-state index in [0.717, 1.165) is 38.4 Å². The molecule has 1 spiro atoms. The molecule has 5 heteroatoms. The average Bonchev–Trinajstić information content (AvgIpc) is 3.39. The second-order valence-electron chi connectivity index (χ2n) is 7.42. The van der Waals surface area contributed by atoms with Gasteiger partial charge in [0.15, 0.2) is 0 Å². The molecule has 1 fully saturated rings. The van der Waals surface area contributed by atoms with Crippen LogP contribution in [0.4, 0.5) is 5.69 Å². The maximum atomic E-state index is 4.83. The summed E-state index contributed by atoms with van der Waals surface area (Å²) in [5.74, 6) is 0. The minimum Gasteiger partial charge on any atom is -0.363 e. The molecule has 0 saturated carbocycles. The third-order valence-corrected chi connectivity index (χ3v) is 6.35. The molecule has 0 aliphatic carbocycles. The average molecular weight is 363 g/mol. The zero-order valence-electron chi connectivity index (χ0n) is 14.7. The fourth-order valence-corrected chi connectivity index (χ4v) is 5.13. The van der Waals surface area contributed by atoms with Gasteiger partial charge in [-0.1, -0.05) is 6.07 Å². The predicted octanol–water partition coefficient (Wildman–Crippen LogP) is 3.70. The van der Waals surface area contributed by atoms with Gasteiger partial charge < -0.3 is 4.90 Å². The Kier molecular flexibility index (Phi) is 3.98. The lowest BCUT2D eigenvalue weighted by molar-refractivity contribution is 0.305. The van der Waals surface area contributed by atoms with Crippen molar-refractivity contribution in [3.8, 4) is 0 Å².